The van der Waals surface area contributed by atoms with Gasteiger partial charge < -0.3 is 10.2 Å². The van der Waals surface area contributed by atoms with Gasteiger partial charge in [0.2, 0.25) is 5.91 Å². The predicted molar refractivity (Wildman–Crippen MR) is 66.4 cm³/mol. The second-order valence-corrected chi connectivity index (χ2v) is 5.74. The molecule has 0 saturated carbocycles. The summed E-state index contributed by atoms with van der Waals surface area (Å²) in [5.74, 6) is -0.112. The molecule has 0 unspecified atom stereocenters. The summed E-state index contributed by atoms with van der Waals surface area (Å²) in [4.78, 5) is 13.2. The van der Waals surface area contributed by atoms with Crippen LogP contribution in [0.2, 0.25) is 0 Å². The largest absolute Gasteiger partial charge is 0.368 e. The first-order valence-corrected chi connectivity index (χ1v) is 6.35. The summed E-state index contributed by atoms with van der Waals surface area (Å²) in [7, 11) is 0. The van der Waals surface area contributed by atoms with Crippen LogP contribution >= 0.6 is 15.9 Å². The Morgan fingerprint density at radius 2 is 2.18 bits per heavy atom. The summed E-state index contributed by atoms with van der Waals surface area (Å²) in [6.45, 7) is 2.22. The van der Waals surface area contributed by atoms with Crippen molar-refractivity contribution in [1.82, 2.24) is 5.32 Å². The lowest BCUT2D eigenvalue weighted by Crippen LogP contribution is -2.57. The Morgan fingerprint density at radius 3 is 2.82 bits per heavy atom. The molecule has 0 aliphatic carbocycles. The Hall–Kier alpha value is -1.10. The van der Waals surface area contributed by atoms with Gasteiger partial charge in [-0.05, 0) is 28.1 Å². The third kappa shape index (κ3) is 1.73. The van der Waals surface area contributed by atoms with Gasteiger partial charge in [-0.3, -0.25) is 4.79 Å². The van der Waals surface area contributed by atoms with Crippen LogP contribution < -0.4 is 10.2 Å². The number of rotatable bonds is 1. The highest BCUT2D eigenvalue weighted by atomic mass is 79.9. The minimum Gasteiger partial charge on any atom is -0.368 e. The highest BCUT2D eigenvalue weighted by Gasteiger charge is 2.48. The van der Waals surface area contributed by atoms with Crippen LogP contribution in [0.1, 0.15) is 6.42 Å². The zero-order valence-corrected chi connectivity index (χ0v) is 10.8. The maximum atomic E-state index is 13.9. The zero-order valence-electron chi connectivity index (χ0n) is 9.17. The molecule has 3 rings (SSSR count). The molecule has 1 N–H and O–H groups in total. The third-order valence-electron chi connectivity index (χ3n) is 3.52. The normalized spacial score (nSPS) is 21.5. The average Bonchev–Trinajstić information content (AvgIpc) is 2.63. The van der Waals surface area contributed by atoms with Gasteiger partial charge in [-0.25, -0.2) is 4.39 Å². The molecule has 0 aromatic heterocycles. The molecule has 1 aromatic rings. The Kier molecular flexibility index (Phi) is 2.40. The Morgan fingerprint density at radius 1 is 1.41 bits per heavy atom. The Bertz CT molecular complexity index is 485. The molecule has 2 saturated heterocycles. The van der Waals surface area contributed by atoms with Crippen molar-refractivity contribution in [2.75, 3.05) is 24.5 Å². The van der Waals surface area contributed by atoms with Crippen LogP contribution in [-0.2, 0) is 4.79 Å². The molecule has 17 heavy (non-hydrogen) atoms. The molecule has 2 fully saturated rings. The van der Waals surface area contributed by atoms with Crippen LogP contribution in [0.25, 0.3) is 0 Å². The average molecular weight is 299 g/mol. The van der Waals surface area contributed by atoms with Crippen molar-refractivity contribution in [3.63, 3.8) is 0 Å². The van der Waals surface area contributed by atoms with Crippen LogP contribution in [-0.4, -0.2) is 25.5 Å². The minimum atomic E-state index is -0.223. The molecule has 2 aliphatic heterocycles. The van der Waals surface area contributed by atoms with E-state index in [9.17, 15) is 9.18 Å². The number of nitrogens with zero attached hydrogens (tertiary/aromatic N) is 1. The van der Waals surface area contributed by atoms with Crippen molar-refractivity contribution < 1.29 is 9.18 Å². The summed E-state index contributed by atoms with van der Waals surface area (Å²) >= 11 is 3.18. The summed E-state index contributed by atoms with van der Waals surface area (Å²) < 4.78 is 14.3. The van der Waals surface area contributed by atoms with E-state index in [1.807, 2.05) is 11.0 Å². The highest BCUT2D eigenvalue weighted by Crippen LogP contribution is 2.41. The van der Waals surface area contributed by atoms with E-state index in [2.05, 4.69) is 21.2 Å². The van der Waals surface area contributed by atoms with E-state index in [0.29, 0.717) is 16.6 Å². The highest BCUT2D eigenvalue weighted by molar-refractivity contribution is 9.10. The molecule has 2 aliphatic rings. The van der Waals surface area contributed by atoms with Gasteiger partial charge in [-0.1, -0.05) is 6.07 Å². The number of nitrogens with one attached hydrogen (secondary N) is 1. The van der Waals surface area contributed by atoms with Crippen LogP contribution in [0.15, 0.2) is 22.7 Å². The van der Waals surface area contributed by atoms with Gasteiger partial charge in [0.25, 0.3) is 0 Å². The smallest absolute Gasteiger partial charge is 0.220 e. The van der Waals surface area contributed by atoms with Crippen molar-refractivity contribution in [3.8, 4) is 0 Å². The fraction of sp³-hybridized carbons (Fsp3) is 0.417. The number of amides is 1. The molecule has 3 nitrogen and oxygen atoms in total. The van der Waals surface area contributed by atoms with Gasteiger partial charge in [-0.2, -0.15) is 0 Å². The van der Waals surface area contributed by atoms with Crippen LogP contribution in [0.4, 0.5) is 10.1 Å². The lowest BCUT2D eigenvalue weighted by molar-refractivity contribution is -0.119. The van der Waals surface area contributed by atoms with Crippen molar-refractivity contribution in [3.05, 3.63) is 28.5 Å². The molecule has 0 radical (unpaired) electrons. The van der Waals surface area contributed by atoms with Gasteiger partial charge >= 0.3 is 0 Å². The van der Waals surface area contributed by atoms with Crippen molar-refractivity contribution in [1.29, 1.82) is 0 Å². The van der Waals surface area contributed by atoms with Gasteiger partial charge in [0.05, 0.1) is 10.2 Å². The maximum absolute atomic E-state index is 13.9. The monoisotopic (exact) mass is 298 g/mol. The molecule has 90 valence electrons. The second kappa shape index (κ2) is 3.70. The standard InChI is InChI=1S/C12H12BrFN2O/c13-8-2-1-3-9(11(8)14)16-6-12(7-16)4-10(17)15-5-12/h1-3H,4-7H2,(H,15,17). The van der Waals surface area contributed by atoms with Gasteiger partial charge in [0.15, 0.2) is 5.82 Å². The van der Waals surface area contributed by atoms with Gasteiger partial charge in [0.1, 0.15) is 0 Å². The van der Waals surface area contributed by atoms with E-state index in [0.717, 1.165) is 19.6 Å². The zero-order chi connectivity index (χ0) is 12.0. The third-order valence-corrected chi connectivity index (χ3v) is 4.13. The van der Waals surface area contributed by atoms with Crippen LogP contribution in [0.5, 0.6) is 0 Å². The van der Waals surface area contributed by atoms with Crippen molar-refractivity contribution in [2.24, 2.45) is 5.41 Å². The molecule has 5 heteroatoms. The van der Waals surface area contributed by atoms with Crippen molar-refractivity contribution in [2.45, 2.75) is 6.42 Å². The van der Waals surface area contributed by atoms with Crippen LogP contribution in [0.3, 0.4) is 0 Å². The summed E-state index contributed by atoms with van der Waals surface area (Å²) in [6, 6.07) is 5.29. The maximum Gasteiger partial charge on any atom is 0.220 e. The molecule has 1 aromatic carbocycles. The Labute approximate surface area is 107 Å². The number of carbonyl (C=O) groups is 1. The fourth-order valence-corrected chi connectivity index (χ4v) is 3.00. The molecule has 2 heterocycles. The van der Waals surface area contributed by atoms with E-state index in [1.165, 1.54) is 0 Å². The lowest BCUT2D eigenvalue weighted by atomic mass is 9.78. The first kappa shape index (κ1) is 11.0. The molecule has 1 amide bonds. The van der Waals surface area contributed by atoms with E-state index in [4.69, 9.17) is 0 Å². The number of hydrogen-bond acceptors (Lipinski definition) is 2. The van der Waals surface area contributed by atoms with Gasteiger partial charge in [0, 0.05) is 31.5 Å². The Balaban J connectivity index is 1.77. The van der Waals surface area contributed by atoms with Crippen LogP contribution in [0, 0.1) is 11.2 Å². The SMILES string of the molecule is O=C1CC2(CN1)CN(c1cccc(Br)c1F)C2. The first-order valence-electron chi connectivity index (χ1n) is 5.55. The molecule has 0 bridgehead atoms. The van der Waals surface area contributed by atoms with E-state index < -0.39 is 0 Å². The van der Waals surface area contributed by atoms with E-state index in [-0.39, 0.29) is 17.1 Å². The summed E-state index contributed by atoms with van der Waals surface area (Å²) in [5.41, 5.74) is 0.649. The minimum absolute atomic E-state index is 0.0336. The summed E-state index contributed by atoms with van der Waals surface area (Å²) in [5, 5.41) is 2.84. The second-order valence-electron chi connectivity index (χ2n) is 4.88. The number of halogens is 2. The predicted octanol–water partition coefficient (Wildman–Crippen LogP) is 1.91. The fourth-order valence-electron chi connectivity index (χ4n) is 2.65. The number of anilines is 1. The topological polar surface area (TPSA) is 32.3 Å². The van der Waals surface area contributed by atoms with Gasteiger partial charge in [-0.15, -0.1) is 0 Å². The van der Waals surface area contributed by atoms with Crippen molar-refractivity contribution >= 4 is 27.5 Å². The number of benzene rings is 1. The molecular formula is C12H12BrFN2O. The number of carbonyl (C=O) groups excluding carboxylic acids is 1. The quantitative estimate of drug-likeness (QED) is 0.859. The number of hydrogen-bond donors (Lipinski definition) is 1. The lowest BCUT2D eigenvalue weighted by Gasteiger charge is -2.48. The van der Waals surface area contributed by atoms with E-state index >= 15 is 0 Å². The molecule has 0 atom stereocenters. The molecular weight excluding hydrogens is 287 g/mol. The molecule has 1 spiro atoms. The first-order chi connectivity index (χ1) is 8.10. The summed E-state index contributed by atoms with van der Waals surface area (Å²) in [6.07, 6.45) is 0.569. The van der Waals surface area contributed by atoms with E-state index in [1.54, 1.807) is 12.1 Å².